The van der Waals surface area contributed by atoms with E-state index < -0.39 is 15.8 Å². The Morgan fingerprint density at radius 3 is 2.50 bits per heavy atom. The zero-order valence-corrected chi connectivity index (χ0v) is 10.5. The Balaban J connectivity index is 2.10. The topological polar surface area (TPSA) is 64.0 Å². The lowest BCUT2D eigenvalue weighted by Gasteiger charge is -2.04. The minimum Gasteiger partial charge on any atom is -0.276 e. The van der Waals surface area contributed by atoms with Gasteiger partial charge in [0.15, 0.2) is 0 Å². The van der Waals surface area contributed by atoms with Gasteiger partial charge in [0.05, 0.1) is 17.1 Å². The molecular formula is C11H12FN3O2S. The molecule has 1 aromatic carbocycles. The number of halogens is 1. The van der Waals surface area contributed by atoms with Crippen molar-refractivity contribution in [3.05, 3.63) is 48.0 Å². The summed E-state index contributed by atoms with van der Waals surface area (Å²) in [6.07, 6.45) is 1.72. The van der Waals surface area contributed by atoms with Crippen LogP contribution < -0.4 is 4.72 Å². The van der Waals surface area contributed by atoms with Crippen molar-refractivity contribution in [2.45, 2.75) is 11.4 Å². The van der Waals surface area contributed by atoms with Gasteiger partial charge in [-0.05, 0) is 30.3 Å². The number of aromatic nitrogens is 2. The number of aryl methyl sites for hydroxylation is 1. The lowest BCUT2D eigenvalue weighted by Crippen LogP contribution is -2.23. The fourth-order valence-corrected chi connectivity index (χ4v) is 2.42. The van der Waals surface area contributed by atoms with Crippen molar-refractivity contribution in [3.63, 3.8) is 0 Å². The summed E-state index contributed by atoms with van der Waals surface area (Å²) in [5, 5.41) is 4.05. The highest BCUT2D eigenvalue weighted by molar-refractivity contribution is 7.89. The number of hydrogen-bond donors (Lipinski definition) is 1. The van der Waals surface area contributed by atoms with Gasteiger partial charge < -0.3 is 0 Å². The second kappa shape index (κ2) is 4.87. The molecule has 0 bridgehead atoms. The van der Waals surface area contributed by atoms with E-state index >= 15 is 0 Å². The quantitative estimate of drug-likeness (QED) is 0.902. The maximum Gasteiger partial charge on any atom is 0.240 e. The first-order valence-corrected chi connectivity index (χ1v) is 6.69. The van der Waals surface area contributed by atoms with Crippen molar-refractivity contribution in [3.8, 4) is 0 Å². The van der Waals surface area contributed by atoms with Crippen LogP contribution in [-0.2, 0) is 23.6 Å². The second-order valence-electron chi connectivity index (χ2n) is 3.76. The standard InChI is InChI=1S/C11H12FN3O2S/c1-15-7-6-10(14-15)8-13-18(16,17)11-4-2-9(12)3-5-11/h2-7,13H,8H2,1H3. The molecule has 18 heavy (non-hydrogen) atoms. The fraction of sp³-hybridized carbons (Fsp3) is 0.182. The summed E-state index contributed by atoms with van der Waals surface area (Å²) >= 11 is 0. The van der Waals surface area contributed by atoms with Crippen LogP contribution in [0.25, 0.3) is 0 Å². The molecule has 1 aromatic heterocycles. The van der Waals surface area contributed by atoms with Gasteiger partial charge in [-0.2, -0.15) is 5.10 Å². The molecule has 2 rings (SSSR count). The van der Waals surface area contributed by atoms with E-state index in [2.05, 4.69) is 9.82 Å². The molecule has 7 heteroatoms. The molecule has 0 spiro atoms. The normalized spacial score (nSPS) is 11.7. The van der Waals surface area contributed by atoms with Gasteiger partial charge in [-0.25, -0.2) is 17.5 Å². The molecule has 5 nitrogen and oxygen atoms in total. The van der Waals surface area contributed by atoms with E-state index in [4.69, 9.17) is 0 Å². The van der Waals surface area contributed by atoms with Gasteiger partial charge >= 0.3 is 0 Å². The molecule has 0 aliphatic heterocycles. The van der Waals surface area contributed by atoms with Gasteiger partial charge in [0.2, 0.25) is 10.0 Å². The zero-order valence-electron chi connectivity index (χ0n) is 9.67. The third-order valence-corrected chi connectivity index (χ3v) is 3.75. The van der Waals surface area contributed by atoms with Crippen molar-refractivity contribution >= 4 is 10.0 Å². The van der Waals surface area contributed by atoms with E-state index in [1.807, 2.05) is 0 Å². The molecule has 0 aliphatic carbocycles. The summed E-state index contributed by atoms with van der Waals surface area (Å²) in [6, 6.07) is 6.37. The largest absolute Gasteiger partial charge is 0.276 e. The van der Waals surface area contributed by atoms with Gasteiger partial charge in [0, 0.05) is 13.2 Å². The predicted octanol–water partition coefficient (Wildman–Crippen LogP) is 1.04. The SMILES string of the molecule is Cn1ccc(CNS(=O)(=O)c2ccc(F)cc2)n1. The lowest BCUT2D eigenvalue weighted by molar-refractivity contribution is 0.578. The molecule has 0 radical (unpaired) electrons. The van der Waals surface area contributed by atoms with Gasteiger partial charge in [-0.3, -0.25) is 4.68 Å². The van der Waals surface area contributed by atoms with Crippen molar-refractivity contribution in [2.24, 2.45) is 7.05 Å². The van der Waals surface area contributed by atoms with Crippen molar-refractivity contribution in [1.82, 2.24) is 14.5 Å². The second-order valence-corrected chi connectivity index (χ2v) is 5.53. The molecule has 0 saturated heterocycles. The Labute approximate surface area is 104 Å². The molecule has 0 fully saturated rings. The molecule has 0 aliphatic rings. The molecule has 0 saturated carbocycles. The summed E-state index contributed by atoms with van der Waals surface area (Å²) in [4.78, 5) is 0.0276. The summed E-state index contributed by atoms with van der Waals surface area (Å²) in [7, 11) is -1.88. The first-order valence-electron chi connectivity index (χ1n) is 5.21. The summed E-state index contributed by atoms with van der Waals surface area (Å²) in [5.74, 6) is -0.473. The summed E-state index contributed by atoms with van der Waals surface area (Å²) < 4.78 is 40.4. The maximum absolute atomic E-state index is 12.7. The Bertz CT molecular complexity index is 635. The number of benzene rings is 1. The highest BCUT2D eigenvalue weighted by atomic mass is 32.2. The number of rotatable bonds is 4. The van der Waals surface area contributed by atoms with Crippen LogP contribution in [0.1, 0.15) is 5.69 Å². The van der Waals surface area contributed by atoms with Crippen LogP contribution in [0.2, 0.25) is 0 Å². The van der Waals surface area contributed by atoms with Crippen molar-refractivity contribution < 1.29 is 12.8 Å². The minimum absolute atomic E-state index is 0.0276. The lowest BCUT2D eigenvalue weighted by atomic mass is 10.4. The Morgan fingerprint density at radius 2 is 1.94 bits per heavy atom. The number of hydrogen-bond acceptors (Lipinski definition) is 3. The summed E-state index contributed by atoms with van der Waals surface area (Å²) in [5.41, 5.74) is 0.614. The Kier molecular flexibility index (Phi) is 3.44. The van der Waals surface area contributed by atoms with Gasteiger partial charge in [-0.1, -0.05) is 0 Å². The predicted molar refractivity (Wildman–Crippen MR) is 63.6 cm³/mol. The van der Waals surface area contributed by atoms with Gasteiger partial charge in [0.1, 0.15) is 5.82 Å². The number of sulfonamides is 1. The molecular weight excluding hydrogens is 257 g/mol. The van der Waals surface area contributed by atoms with Crippen LogP contribution in [0.4, 0.5) is 4.39 Å². The monoisotopic (exact) mass is 269 g/mol. The number of nitrogens with zero attached hydrogens (tertiary/aromatic N) is 2. The third kappa shape index (κ3) is 2.93. The third-order valence-electron chi connectivity index (χ3n) is 2.34. The average molecular weight is 269 g/mol. The molecule has 2 aromatic rings. The zero-order chi connectivity index (χ0) is 13.2. The van der Waals surface area contributed by atoms with E-state index in [0.29, 0.717) is 5.69 Å². The molecule has 96 valence electrons. The number of nitrogens with one attached hydrogen (secondary N) is 1. The van der Waals surface area contributed by atoms with E-state index in [1.54, 1.807) is 24.0 Å². The highest BCUT2D eigenvalue weighted by Crippen LogP contribution is 2.10. The van der Waals surface area contributed by atoms with Crippen LogP contribution in [0.15, 0.2) is 41.4 Å². The smallest absolute Gasteiger partial charge is 0.240 e. The first kappa shape index (κ1) is 12.7. The average Bonchev–Trinajstić information content (AvgIpc) is 2.73. The van der Waals surface area contributed by atoms with Crippen molar-refractivity contribution in [1.29, 1.82) is 0 Å². The van der Waals surface area contributed by atoms with E-state index in [0.717, 1.165) is 12.1 Å². The van der Waals surface area contributed by atoms with Gasteiger partial charge in [-0.15, -0.1) is 0 Å². The Hall–Kier alpha value is -1.73. The van der Waals surface area contributed by atoms with E-state index in [9.17, 15) is 12.8 Å². The van der Waals surface area contributed by atoms with Crippen LogP contribution in [0.5, 0.6) is 0 Å². The molecule has 1 heterocycles. The van der Waals surface area contributed by atoms with Crippen LogP contribution in [0.3, 0.4) is 0 Å². The van der Waals surface area contributed by atoms with E-state index in [-0.39, 0.29) is 11.4 Å². The molecule has 0 atom stereocenters. The summed E-state index contributed by atoms with van der Waals surface area (Å²) in [6.45, 7) is 0.0978. The van der Waals surface area contributed by atoms with Crippen LogP contribution in [0, 0.1) is 5.82 Å². The maximum atomic E-state index is 12.7. The van der Waals surface area contributed by atoms with Crippen LogP contribution >= 0.6 is 0 Å². The minimum atomic E-state index is -3.63. The Morgan fingerprint density at radius 1 is 1.28 bits per heavy atom. The van der Waals surface area contributed by atoms with Crippen molar-refractivity contribution in [2.75, 3.05) is 0 Å². The fourth-order valence-electron chi connectivity index (χ4n) is 1.42. The molecule has 0 amide bonds. The first-order chi connectivity index (χ1) is 8.47. The highest BCUT2D eigenvalue weighted by Gasteiger charge is 2.13. The molecule has 0 unspecified atom stereocenters. The van der Waals surface area contributed by atoms with Crippen LogP contribution in [-0.4, -0.2) is 18.2 Å². The van der Waals surface area contributed by atoms with E-state index in [1.165, 1.54) is 12.1 Å². The molecule has 1 N–H and O–H groups in total. The van der Waals surface area contributed by atoms with Gasteiger partial charge in [0.25, 0.3) is 0 Å².